The van der Waals surface area contributed by atoms with Gasteiger partial charge in [-0.3, -0.25) is 0 Å². The Bertz CT molecular complexity index is 1680. The molecule has 290 valence electrons. The summed E-state index contributed by atoms with van der Waals surface area (Å²) >= 11 is 0. The van der Waals surface area contributed by atoms with Gasteiger partial charge in [0.1, 0.15) is 11.6 Å². The SMILES string of the molecule is C=C(C)/C(F)=C\C(=C/C)c1ccc(C2CCC(C3CCC(C)CC3)CC2)cc1.Cc1ccc(-c2ccc(C3CCC(C4CCCCC4)CC3)cc2)cc1F. The molecule has 0 unspecified atom stereocenters. The van der Waals surface area contributed by atoms with Crippen molar-refractivity contribution in [2.45, 2.75) is 149 Å². The Hall–Kier alpha value is -3.26. The predicted molar refractivity (Wildman–Crippen MR) is 228 cm³/mol. The van der Waals surface area contributed by atoms with Gasteiger partial charge < -0.3 is 0 Å². The second kappa shape index (κ2) is 19.6. The zero-order valence-corrected chi connectivity index (χ0v) is 34.0. The number of rotatable bonds is 8. The van der Waals surface area contributed by atoms with E-state index < -0.39 is 0 Å². The molecule has 3 aromatic rings. The molecule has 3 aromatic carbocycles. The van der Waals surface area contributed by atoms with Crippen LogP contribution in [-0.2, 0) is 0 Å². The van der Waals surface area contributed by atoms with Crippen molar-refractivity contribution in [2.75, 3.05) is 0 Å². The summed E-state index contributed by atoms with van der Waals surface area (Å²) in [6.07, 6.45) is 27.7. The van der Waals surface area contributed by atoms with Gasteiger partial charge in [0.25, 0.3) is 0 Å². The number of hydrogen-bond acceptors (Lipinski definition) is 0. The van der Waals surface area contributed by atoms with Crippen molar-refractivity contribution < 1.29 is 8.78 Å². The van der Waals surface area contributed by atoms with Gasteiger partial charge in [0.2, 0.25) is 0 Å². The van der Waals surface area contributed by atoms with Gasteiger partial charge in [-0.05, 0) is 183 Å². The second-order valence-electron chi connectivity index (χ2n) is 17.9. The van der Waals surface area contributed by atoms with Crippen LogP contribution in [0.2, 0.25) is 0 Å². The molecule has 4 aliphatic rings. The van der Waals surface area contributed by atoms with Gasteiger partial charge >= 0.3 is 0 Å². The van der Waals surface area contributed by atoms with Gasteiger partial charge in [-0.2, -0.15) is 0 Å². The molecule has 0 N–H and O–H groups in total. The minimum atomic E-state index is -0.243. The van der Waals surface area contributed by atoms with Crippen LogP contribution in [0.15, 0.2) is 96.9 Å². The summed E-state index contributed by atoms with van der Waals surface area (Å²) in [5.74, 6) is 5.97. The highest BCUT2D eigenvalue weighted by Crippen LogP contribution is 2.45. The minimum Gasteiger partial charge on any atom is -0.207 e. The van der Waals surface area contributed by atoms with Crippen LogP contribution in [0.3, 0.4) is 0 Å². The van der Waals surface area contributed by atoms with Gasteiger partial charge in [0, 0.05) is 0 Å². The van der Waals surface area contributed by atoms with Crippen molar-refractivity contribution in [1.29, 1.82) is 0 Å². The Morgan fingerprint density at radius 2 is 1.07 bits per heavy atom. The molecule has 0 aliphatic heterocycles. The van der Waals surface area contributed by atoms with Gasteiger partial charge in [0.05, 0.1) is 0 Å². The largest absolute Gasteiger partial charge is 0.207 e. The molecule has 2 heteroatoms. The Morgan fingerprint density at radius 3 is 1.56 bits per heavy atom. The first kappa shape index (κ1) is 40.4. The normalized spacial score (nSPS) is 27.1. The van der Waals surface area contributed by atoms with E-state index >= 15 is 0 Å². The first-order valence-corrected chi connectivity index (χ1v) is 21.8. The molecule has 4 saturated carbocycles. The minimum absolute atomic E-state index is 0.118. The summed E-state index contributed by atoms with van der Waals surface area (Å²) in [6, 6.07) is 23.3. The summed E-state index contributed by atoms with van der Waals surface area (Å²) in [5, 5.41) is 0. The molecule has 7 rings (SSSR count). The van der Waals surface area contributed by atoms with Crippen molar-refractivity contribution in [3.05, 3.63) is 125 Å². The van der Waals surface area contributed by atoms with E-state index in [1.165, 1.54) is 120 Å². The number of hydrogen-bond donors (Lipinski definition) is 0. The molecule has 0 bridgehead atoms. The third-order valence-electron chi connectivity index (χ3n) is 14.2. The standard InChI is InChI=1S/C27H37F.C25H31F/c1-5-21(18-27(28)19(2)3)22-10-12-25(13-11-22)26-16-14-24(15-17-26)23-8-6-20(4)7-9-23;1-18-7-8-24(17-25(18)26)23-15-13-22(14-16-23)21-11-9-20(10-12-21)19-5-3-2-4-6-19/h5,10-13,18,20,23-24,26H,2,6-9,14-17H2,1,3-4H3;7-8,13-17,19-21H,2-6,9-12H2,1H3/b21-5+,27-18+;. The predicted octanol–water partition coefficient (Wildman–Crippen LogP) is 16.3. The first-order chi connectivity index (χ1) is 26.2. The van der Waals surface area contributed by atoms with E-state index in [0.29, 0.717) is 17.1 Å². The molecule has 4 aliphatic carbocycles. The van der Waals surface area contributed by atoms with E-state index in [9.17, 15) is 8.78 Å². The highest BCUT2D eigenvalue weighted by atomic mass is 19.1. The Morgan fingerprint density at radius 1 is 0.611 bits per heavy atom. The summed E-state index contributed by atoms with van der Waals surface area (Å²) in [6.45, 7) is 11.6. The van der Waals surface area contributed by atoms with E-state index in [4.69, 9.17) is 0 Å². The average molecular weight is 731 g/mol. The number of benzene rings is 3. The van der Waals surface area contributed by atoms with Gasteiger partial charge in [-0.25, -0.2) is 8.78 Å². The highest BCUT2D eigenvalue weighted by molar-refractivity contribution is 5.75. The molecular formula is C52H68F2. The Balaban J connectivity index is 0.000000185. The Kier molecular flexibility index (Phi) is 14.6. The maximum atomic E-state index is 14.0. The van der Waals surface area contributed by atoms with E-state index in [2.05, 4.69) is 62.0 Å². The first-order valence-electron chi connectivity index (χ1n) is 21.8. The van der Waals surface area contributed by atoms with Crippen LogP contribution in [0.1, 0.15) is 164 Å². The van der Waals surface area contributed by atoms with Crippen molar-refractivity contribution in [3.63, 3.8) is 0 Å². The maximum Gasteiger partial charge on any atom is 0.126 e. The third kappa shape index (κ3) is 10.7. The molecule has 0 aromatic heterocycles. The summed E-state index contributed by atoms with van der Waals surface area (Å²) in [7, 11) is 0. The Labute approximate surface area is 327 Å². The quantitative estimate of drug-likeness (QED) is 0.202. The summed E-state index contributed by atoms with van der Waals surface area (Å²) in [4.78, 5) is 0. The summed E-state index contributed by atoms with van der Waals surface area (Å²) in [5.41, 5.74) is 8.20. The van der Waals surface area contributed by atoms with Crippen LogP contribution in [0.4, 0.5) is 8.78 Å². The van der Waals surface area contributed by atoms with E-state index in [1.807, 2.05) is 32.1 Å². The topological polar surface area (TPSA) is 0 Å². The van der Waals surface area contributed by atoms with Crippen molar-refractivity contribution in [2.24, 2.45) is 29.6 Å². The zero-order valence-electron chi connectivity index (χ0n) is 34.0. The highest BCUT2D eigenvalue weighted by Gasteiger charge is 2.31. The third-order valence-corrected chi connectivity index (χ3v) is 14.2. The molecule has 0 saturated heterocycles. The molecule has 0 radical (unpaired) electrons. The van der Waals surface area contributed by atoms with E-state index in [-0.39, 0.29) is 11.6 Å². The zero-order chi connectivity index (χ0) is 38.0. The van der Waals surface area contributed by atoms with Gasteiger partial charge in [-0.1, -0.05) is 125 Å². The van der Waals surface area contributed by atoms with Crippen LogP contribution in [0.25, 0.3) is 16.7 Å². The fourth-order valence-corrected chi connectivity index (χ4v) is 10.5. The fourth-order valence-electron chi connectivity index (χ4n) is 10.5. The number of halogens is 2. The maximum absolute atomic E-state index is 14.0. The number of allylic oxidation sites excluding steroid dienone is 5. The monoisotopic (exact) mass is 731 g/mol. The summed E-state index contributed by atoms with van der Waals surface area (Å²) < 4.78 is 27.8. The van der Waals surface area contributed by atoms with E-state index in [0.717, 1.165) is 57.8 Å². The van der Waals surface area contributed by atoms with E-state index in [1.54, 1.807) is 19.1 Å². The lowest BCUT2D eigenvalue weighted by Gasteiger charge is -2.37. The average Bonchev–Trinajstić information content (AvgIpc) is 3.22. The van der Waals surface area contributed by atoms with Crippen LogP contribution >= 0.6 is 0 Å². The van der Waals surface area contributed by atoms with Gasteiger partial charge in [-0.15, -0.1) is 0 Å². The van der Waals surface area contributed by atoms with Crippen molar-refractivity contribution in [3.8, 4) is 11.1 Å². The van der Waals surface area contributed by atoms with Crippen LogP contribution in [0.5, 0.6) is 0 Å². The molecule has 0 spiro atoms. The molecule has 54 heavy (non-hydrogen) atoms. The van der Waals surface area contributed by atoms with Crippen LogP contribution in [-0.4, -0.2) is 0 Å². The number of aryl methyl sites for hydroxylation is 1. The molecule has 0 nitrogen and oxygen atoms in total. The van der Waals surface area contributed by atoms with Crippen molar-refractivity contribution >= 4 is 5.57 Å². The molecule has 4 fully saturated rings. The molecule has 0 atom stereocenters. The van der Waals surface area contributed by atoms with Crippen molar-refractivity contribution in [1.82, 2.24) is 0 Å². The lowest BCUT2D eigenvalue weighted by Crippen LogP contribution is -2.24. The van der Waals surface area contributed by atoms with Gasteiger partial charge in [0.15, 0.2) is 0 Å². The molecule has 0 amide bonds. The smallest absolute Gasteiger partial charge is 0.126 e. The van der Waals surface area contributed by atoms with Crippen LogP contribution < -0.4 is 0 Å². The van der Waals surface area contributed by atoms with Crippen LogP contribution in [0, 0.1) is 42.3 Å². The molecular weight excluding hydrogens is 663 g/mol. The second-order valence-corrected chi connectivity index (χ2v) is 17.9. The lowest BCUT2D eigenvalue weighted by atomic mass is 9.68. The molecule has 0 heterocycles. The fraction of sp³-hybridized carbons (Fsp3) is 0.538. The lowest BCUT2D eigenvalue weighted by molar-refractivity contribution is 0.165.